The molecule has 3 rings (SSSR count). The van der Waals surface area contributed by atoms with Gasteiger partial charge in [-0.25, -0.2) is 0 Å². The van der Waals surface area contributed by atoms with Crippen molar-refractivity contribution in [1.82, 2.24) is 10.2 Å². The van der Waals surface area contributed by atoms with Gasteiger partial charge in [-0.15, -0.1) is 16.4 Å². The van der Waals surface area contributed by atoms with Crippen LogP contribution in [0.5, 0.6) is 11.5 Å². The molecule has 0 aliphatic carbocycles. The van der Waals surface area contributed by atoms with E-state index in [4.69, 9.17) is 25.5 Å². The molecule has 1 aromatic carbocycles. The number of carbonyl (C=O) groups is 1. The van der Waals surface area contributed by atoms with Crippen LogP contribution < -0.4 is 14.8 Å². The lowest BCUT2D eigenvalue weighted by Crippen LogP contribution is -2.10. The summed E-state index contributed by atoms with van der Waals surface area (Å²) in [6.07, 6.45) is 0. The highest BCUT2D eigenvalue weighted by atomic mass is 35.5. The summed E-state index contributed by atoms with van der Waals surface area (Å²) >= 11 is 6.97. The number of anilines is 1. The minimum atomic E-state index is -0.371. The Kier molecular flexibility index (Phi) is 4.68. The van der Waals surface area contributed by atoms with Crippen molar-refractivity contribution in [1.29, 1.82) is 0 Å². The Labute approximate surface area is 146 Å². The Morgan fingerprint density at radius 2 is 2.04 bits per heavy atom. The van der Waals surface area contributed by atoms with Crippen LogP contribution in [0.4, 0.5) is 6.01 Å². The molecule has 0 aliphatic rings. The Morgan fingerprint density at radius 1 is 1.21 bits per heavy atom. The number of nitrogens with zero attached hydrogens (tertiary/aromatic N) is 2. The number of thiophene rings is 1. The van der Waals surface area contributed by atoms with Crippen molar-refractivity contribution in [2.75, 3.05) is 19.5 Å². The zero-order chi connectivity index (χ0) is 17.1. The molecule has 7 nitrogen and oxygen atoms in total. The van der Waals surface area contributed by atoms with Crippen LogP contribution in [0.25, 0.3) is 11.5 Å². The van der Waals surface area contributed by atoms with E-state index in [1.807, 2.05) is 0 Å². The summed E-state index contributed by atoms with van der Waals surface area (Å²) in [5.41, 5.74) is 0.588. The van der Waals surface area contributed by atoms with E-state index in [0.29, 0.717) is 26.3 Å². The fraction of sp³-hybridized carbons (Fsp3) is 0.133. The molecule has 9 heteroatoms. The van der Waals surface area contributed by atoms with Crippen LogP contribution in [0, 0.1) is 0 Å². The summed E-state index contributed by atoms with van der Waals surface area (Å²) in [6, 6.07) is 8.42. The number of hydrogen-bond donors (Lipinski definition) is 1. The lowest BCUT2D eigenvalue weighted by Gasteiger charge is -2.07. The van der Waals surface area contributed by atoms with Crippen LogP contribution in [0.3, 0.4) is 0 Å². The molecule has 1 amide bonds. The van der Waals surface area contributed by atoms with E-state index in [0.717, 1.165) is 11.3 Å². The summed E-state index contributed by atoms with van der Waals surface area (Å²) in [7, 11) is 3.09. The van der Waals surface area contributed by atoms with Gasteiger partial charge >= 0.3 is 6.01 Å². The van der Waals surface area contributed by atoms with Crippen molar-refractivity contribution in [3.8, 4) is 23.0 Å². The average Bonchev–Trinajstić information content (AvgIpc) is 3.23. The van der Waals surface area contributed by atoms with Gasteiger partial charge in [0.2, 0.25) is 0 Å². The molecule has 3 aromatic rings. The van der Waals surface area contributed by atoms with Crippen LogP contribution >= 0.6 is 22.9 Å². The van der Waals surface area contributed by atoms with E-state index in [2.05, 4.69) is 15.5 Å². The second-order valence-corrected chi connectivity index (χ2v) is 6.25. The molecule has 0 aliphatic heterocycles. The van der Waals surface area contributed by atoms with Crippen molar-refractivity contribution in [2.45, 2.75) is 0 Å². The maximum Gasteiger partial charge on any atom is 0.322 e. The zero-order valence-corrected chi connectivity index (χ0v) is 14.3. The molecule has 0 spiro atoms. The van der Waals surface area contributed by atoms with Crippen molar-refractivity contribution >= 4 is 34.9 Å². The van der Waals surface area contributed by atoms with Crippen LogP contribution in [0.2, 0.25) is 4.34 Å². The first-order valence-corrected chi connectivity index (χ1v) is 7.92. The molecule has 24 heavy (non-hydrogen) atoms. The first-order chi connectivity index (χ1) is 11.6. The standard InChI is InChI=1S/C15H12ClN3O4S/c1-21-8-3-4-9(10(7-8)22-2)14-18-19-15(23-14)17-13(20)11-5-6-12(16)24-11/h3-7H,1-2H3,(H,17,19,20). The van der Waals surface area contributed by atoms with E-state index in [1.165, 1.54) is 7.11 Å². The van der Waals surface area contributed by atoms with Gasteiger partial charge in [-0.05, 0) is 24.3 Å². The SMILES string of the molecule is COc1ccc(-c2nnc(NC(=O)c3ccc(Cl)s3)o2)c(OC)c1. The molecule has 2 heterocycles. The lowest BCUT2D eigenvalue weighted by molar-refractivity contribution is 0.102. The predicted octanol–water partition coefficient (Wildman–Crippen LogP) is 3.72. The summed E-state index contributed by atoms with van der Waals surface area (Å²) < 4.78 is 16.4. The number of hydrogen-bond acceptors (Lipinski definition) is 7. The molecule has 0 saturated carbocycles. The first-order valence-electron chi connectivity index (χ1n) is 6.73. The second kappa shape index (κ2) is 6.90. The third-order valence-electron chi connectivity index (χ3n) is 3.08. The third kappa shape index (κ3) is 3.34. The van der Waals surface area contributed by atoms with Gasteiger partial charge in [0.05, 0.1) is 29.0 Å². The monoisotopic (exact) mass is 365 g/mol. The third-order valence-corrected chi connectivity index (χ3v) is 4.31. The highest BCUT2D eigenvalue weighted by molar-refractivity contribution is 7.18. The fourth-order valence-corrected chi connectivity index (χ4v) is 2.89. The number of amides is 1. The summed E-state index contributed by atoms with van der Waals surface area (Å²) in [4.78, 5) is 12.5. The second-order valence-electron chi connectivity index (χ2n) is 4.54. The minimum Gasteiger partial charge on any atom is -0.497 e. The van der Waals surface area contributed by atoms with Crippen LogP contribution in [0.1, 0.15) is 9.67 Å². The van der Waals surface area contributed by atoms with Gasteiger partial charge < -0.3 is 13.9 Å². The number of nitrogens with one attached hydrogen (secondary N) is 1. The Bertz CT molecular complexity index is 877. The summed E-state index contributed by atoms with van der Waals surface area (Å²) in [5.74, 6) is 0.997. The summed E-state index contributed by atoms with van der Waals surface area (Å²) in [6.45, 7) is 0. The Morgan fingerprint density at radius 3 is 2.71 bits per heavy atom. The van der Waals surface area contributed by atoms with E-state index in [9.17, 15) is 4.79 Å². The quantitative estimate of drug-likeness (QED) is 0.741. The molecule has 0 saturated heterocycles. The molecule has 0 radical (unpaired) electrons. The number of benzene rings is 1. The van der Waals surface area contributed by atoms with Crippen molar-refractivity contribution in [3.63, 3.8) is 0 Å². The molecule has 0 unspecified atom stereocenters. The number of rotatable bonds is 5. The van der Waals surface area contributed by atoms with Crippen molar-refractivity contribution in [3.05, 3.63) is 39.5 Å². The zero-order valence-electron chi connectivity index (χ0n) is 12.7. The molecule has 124 valence electrons. The van der Waals surface area contributed by atoms with Gasteiger partial charge in [0, 0.05) is 6.07 Å². The van der Waals surface area contributed by atoms with Gasteiger partial charge in [-0.1, -0.05) is 16.7 Å². The molecule has 1 N–H and O–H groups in total. The van der Waals surface area contributed by atoms with E-state index < -0.39 is 0 Å². The van der Waals surface area contributed by atoms with Gasteiger partial charge in [0.25, 0.3) is 11.8 Å². The largest absolute Gasteiger partial charge is 0.497 e. The molecule has 0 fully saturated rings. The fourth-order valence-electron chi connectivity index (χ4n) is 1.95. The van der Waals surface area contributed by atoms with Crippen molar-refractivity contribution in [2.24, 2.45) is 0 Å². The molecule has 0 bridgehead atoms. The van der Waals surface area contributed by atoms with E-state index >= 15 is 0 Å². The predicted molar refractivity (Wildman–Crippen MR) is 90.1 cm³/mol. The molecular weight excluding hydrogens is 354 g/mol. The maximum absolute atomic E-state index is 12.1. The number of halogens is 1. The average molecular weight is 366 g/mol. The number of ether oxygens (including phenoxy) is 2. The van der Waals surface area contributed by atoms with Gasteiger partial charge in [-0.3, -0.25) is 10.1 Å². The first kappa shape index (κ1) is 16.3. The molecule has 2 aromatic heterocycles. The normalized spacial score (nSPS) is 10.5. The molecular formula is C15H12ClN3O4S. The summed E-state index contributed by atoms with van der Waals surface area (Å²) in [5, 5.41) is 10.3. The van der Waals surface area contributed by atoms with E-state index in [-0.39, 0.29) is 17.8 Å². The highest BCUT2D eigenvalue weighted by Crippen LogP contribution is 2.33. The van der Waals surface area contributed by atoms with Crippen LogP contribution in [-0.2, 0) is 0 Å². The van der Waals surface area contributed by atoms with Crippen LogP contribution in [-0.4, -0.2) is 30.3 Å². The number of carbonyl (C=O) groups excluding carboxylic acids is 1. The number of methoxy groups -OCH3 is 2. The van der Waals surface area contributed by atoms with E-state index in [1.54, 1.807) is 37.4 Å². The maximum atomic E-state index is 12.1. The van der Waals surface area contributed by atoms with Crippen molar-refractivity contribution < 1.29 is 18.7 Å². The Hall–Kier alpha value is -2.58. The molecule has 0 atom stereocenters. The Balaban J connectivity index is 1.82. The van der Waals surface area contributed by atoms with Crippen LogP contribution in [0.15, 0.2) is 34.7 Å². The highest BCUT2D eigenvalue weighted by Gasteiger charge is 2.17. The smallest absolute Gasteiger partial charge is 0.322 e. The number of aromatic nitrogens is 2. The topological polar surface area (TPSA) is 86.5 Å². The minimum absolute atomic E-state index is 0.0163. The lowest BCUT2D eigenvalue weighted by atomic mass is 10.2. The van der Waals surface area contributed by atoms with Gasteiger partial charge in [0.1, 0.15) is 11.5 Å². The van der Waals surface area contributed by atoms with Gasteiger partial charge in [0.15, 0.2) is 0 Å². The van der Waals surface area contributed by atoms with Gasteiger partial charge in [-0.2, -0.15) is 0 Å².